The molecule has 1 N–H and O–H groups in total. The number of aromatic nitrogens is 3. The molecule has 0 saturated heterocycles. The normalized spacial score (nSPS) is 10.6. The summed E-state index contributed by atoms with van der Waals surface area (Å²) >= 11 is 0. The van der Waals surface area contributed by atoms with E-state index in [9.17, 15) is 9.59 Å². The number of aromatic carboxylic acids is 1. The standard InChI is InChI=1S/C14H9N3O3/c18-7-9-3-4-12(10-2-1-5-15-13(9)10)17-6-11(14(19)20)16-8-17/h1-8H,(H,19,20). The van der Waals surface area contributed by atoms with E-state index < -0.39 is 5.97 Å². The average molecular weight is 267 g/mol. The van der Waals surface area contributed by atoms with Gasteiger partial charge in [0.25, 0.3) is 0 Å². The summed E-state index contributed by atoms with van der Waals surface area (Å²) in [5.74, 6) is -1.09. The van der Waals surface area contributed by atoms with Gasteiger partial charge in [0.2, 0.25) is 0 Å². The van der Waals surface area contributed by atoms with Crippen LogP contribution >= 0.6 is 0 Å². The third-order valence-electron chi connectivity index (χ3n) is 2.98. The van der Waals surface area contributed by atoms with Crippen LogP contribution in [0.2, 0.25) is 0 Å². The number of carbonyl (C=O) groups excluding carboxylic acids is 1. The lowest BCUT2D eigenvalue weighted by atomic mass is 10.1. The van der Waals surface area contributed by atoms with Gasteiger partial charge in [0, 0.05) is 23.3 Å². The lowest BCUT2D eigenvalue weighted by Crippen LogP contribution is -1.97. The van der Waals surface area contributed by atoms with Crippen molar-refractivity contribution in [2.24, 2.45) is 0 Å². The Hall–Kier alpha value is -3.02. The van der Waals surface area contributed by atoms with Gasteiger partial charge in [0.1, 0.15) is 6.33 Å². The molecule has 0 aliphatic carbocycles. The van der Waals surface area contributed by atoms with Crippen molar-refractivity contribution < 1.29 is 14.7 Å². The molecule has 20 heavy (non-hydrogen) atoms. The Kier molecular flexibility index (Phi) is 2.76. The van der Waals surface area contributed by atoms with E-state index >= 15 is 0 Å². The number of carbonyl (C=O) groups is 2. The van der Waals surface area contributed by atoms with Crippen molar-refractivity contribution >= 4 is 23.2 Å². The highest BCUT2D eigenvalue weighted by atomic mass is 16.4. The van der Waals surface area contributed by atoms with Crippen LogP contribution in [0.4, 0.5) is 0 Å². The molecule has 3 rings (SSSR count). The first-order chi connectivity index (χ1) is 9.70. The maximum Gasteiger partial charge on any atom is 0.356 e. The van der Waals surface area contributed by atoms with Gasteiger partial charge >= 0.3 is 5.97 Å². The van der Waals surface area contributed by atoms with E-state index in [0.29, 0.717) is 11.1 Å². The zero-order valence-corrected chi connectivity index (χ0v) is 10.2. The summed E-state index contributed by atoms with van der Waals surface area (Å²) in [7, 11) is 0. The minimum Gasteiger partial charge on any atom is -0.476 e. The summed E-state index contributed by atoms with van der Waals surface area (Å²) < 4.78 is 1.60. The molecule has 0 saturated carbocycles. The number of benzene rings is 1. The number of aldehydes is 1. The number of imidazole rings is 1. The second-order valence-corrected chi connectivity index (χ2v) is 4.16. The van der Waals surface area contributed by atoms with Gasteiger partial charge in [-0.15, -0.1) is 0 Å². The van der Waals surface area contributed by atoms with Gasteiger partial charge in [-0.1, -0.05) is 0 Å². The second-order valence-electron chi connectivity index (χ2n) is 4.16. The Bertz CT molecular complexity index is 823. The van der Waals surface area contributed by atoms with E-state index in [1.54, 1.807) is 29.0 Å². The van der Waals surface area contributed by atoms with Crippen molar-refractivity contribution in [2.75, 3.05) is 0 Å². The predicted octanol–water partition coefficient (Wildman–Crippen LogP) is 1.93. The quantitative estimate of drug-likeness (QED) is 0.733. The second kappa shape index (κ2) is 4.58. The number of pyridine rings is 1. The van der Waals surface area contributed by atoms with Gasteiger partial charge in [0.15, 0.2) is 12.0 Å². The molecule has 0 bridgehead atoms. The van der Waals surface area contributed by atoms with Crippen LogP contribution in [0.1, 0.15) is 20.8 Å². The van der Waals surface area contributed by atoms with Crippen molar-refractivity contribution in [1.29, 1.82) is 0 Å². The molecule has 6 heteroatoms. The van der Waals surface area contributed by atoms with Crippen molar-refractivity contribution in [2.45, 2.75) is 0 Å². The van der Waals surface area contributed by atoms with Gasteiger partial charge < -0.3 is 9.67 Å². The number of carboxylic acid groups (broad SMARTS) is 1. The first-order valence-corrected chi connectivity index (χ1v) is 5.81. The van der Waals surface area contributed by atoms with E-state index in [2.05, 4.69) is 9.97 Å². The number of carboxylic acids is 1. The van der Waals surface area contributed by atoms with Gasteiger partial charge in [-0.3, -0.25) is 9.78 Å². The monoisotopic (exact) mass is 267 g/mol. The van der Waals surface area contributed by atoms with E-state index in [0.717, 1.165) is 17.4 Å². The number of nitrogens with zero attached hydrogens (tertiary/aromatic N) is 3. The van der Waals surface area contributed by atoms with Gasteiger partial charge in [-0.05, 0) is 24.3 Å². The van der Waals surface area contributed by atoms with Crippen LogP contribution in [0.3, 0.4) is 0 Å². The highest BCUT2D eigenvalue weighted by Crippen LogP contribution is 2.23. The average Bonchev–Trinajstić information content (AvgIpc) is 2.96. The van der Waals surface area contributed by atoms with Crippen LogP contribution in [-0.4, -0.2) is 31.9 Å². The molecule has 6 nitrogen and oxygen atoms in total. The van der Waals surface area contributed by atoms with Crippen LogP contribution in [-0.2, 0) is 0 Å². The Labute approximate surface area is 113 Å². The first-order valence-electron chi connectivity index (χ1n) is 5.81. The van der Waals surface area contributed by atoms with E-state index in [1.807, 2.05) is 6.07 Å². The molecule has 0 atom stereocenters. The minimum absolute atomic E-state index is 0.0403. The molecule has 2 aromatic heterocycles. The number of hydrogen-bond donors (Lipinski definition) is 1. The number of fused-ring (bicyclic) bond motifs is 1. The maximum atomic E-state index is 11.0. The van der Waals surface area contributed by atoms with Gasteiger partial charge in [-0.2, -0.15) is 0 Å². The summed E-state index contributed by atoms with van der Waals surface area (Å²) in [4.78, 5) is 29.9. The van der Waals surface area contributed by atoms with Crippen molar-refractivity contribution in [3.8, 4) is 5.69 Å². The fourth-order valence-electron chi connectivity index (χ4n) is 2.06. The molecule has 0 aliphatic rings. The Morgan fingerprint density at radius 2 is 2.10 bits per heavy atom. The largest absolute Gasteiger partial charge is 0.476 e. The lowest BCUT2D eigenvalue weighted by molar-refractivity contribution is 0.0691. The highest BCUT2D eigenvalue weighted by Gasteiger charge is 2.11. The fourth-order valence-corrected chi connectivity index (χ4v) is 2.06. The van der Waals surface area contributed by atoms with Crippen LogP contribution in [0.25, 0.3) is 16.6 Å². The molecule has 0 amide bonds. The molecular weight excluding hydrogens is 258 g/mol. The van der Waals surface area contributed by atoms with Crippen molar-refractivity contribution in [3.63, 3.8) is 0 Å². The Balaban J connectivity index is 2.26. The fraction of sp³-hybridized carbons (Fsp3) is 0. The van der Waals surface area contributed by atoms with E-state index in [-0.39, 0.29) is 5.69 Å². The third kappa shape index (κ3) is 1.83. The Morgan fingerprint density at radius 1 is 1.25 bits per heavy atom. The molecule has 0 aliphatic heterocycles. The first kappa shape index (κ1) is 12.0. The molecular formula is C14H9N3O3. The summed E-state index contributed by atoms with van der Waals surface area (Å²) in [6, 6.07) is 6.97. The molecule has 0 fully saturated rings. The predicted molar refractivity (Wildman–Crippen MR) is 71.2 cm³/mol. The summed E-state index contributed by atoms with van der Waals surface area (Å²) in [6.45, 7) is 0. The van der Waals surface area contributed by atoms with Crippen molar-refractivity contribution in [1.82, 2.24) is 14.5 Å². The number of hydrogen-bond acceptors (Lipinski definition) is 4. The topological polar surface area (TPSA) is 85.1 Å². The summed E-state index contributed by atoms with van der Waals surface area (Å²) in [5.41, 5.74) is 1.74. The zero-order chi connectivity index (χ0) is 14.1. The SMILES string of the molecule is O=Cc1ccc(-n2cnc(C(=O)O)c2)c2cccnc12. The van der Waals surface area contributed by atoms with E-state index in [4.69, 9.17) is 5.11 Å². The molecule has 1 aromatic carbocycles. The van der Waals surface area contributed by atoms with Gasteiger partial charge in [0.05, 0.1) is 11.2 Å². The third-order valence-corrected chi connectivity index (χ3v) is 2.98. The summed E-state index contributed by atoms with van der Waals surface area (Å²) in [6.07, 6.45) is 5.20. The Morgan fingerprint density at radius 3 is 2.80 bits per heavy atom. The lowest BCUT2D eigenvalue weighted by Gasteiger charge is -2.07. The van der Waals surface area contributed by atoms with Crippen LogP contribution in [0.15, 0.2) is 43.0 Å². The molecule has 0 radical (unpaired) electrons. The summed E-state index contributed by atoms with van der Waals surface area (Å²) in [5, 5.41) is 9.66. The zero-order valence-electron chi connectivity index (χ0n) is 10.2. The smallest absolute Gasteiger partial charge is 0.356 e. The number of rotatable bonds is 3. The maximum absolute atomic E-state index is 11.0. The molecule has 98 valence electrons. The molecule has 0 spiro atoms. The van der Waals surface area contributed by atoms with Crippen LogP contribution in [0, 0.1) is 0 Å². The molecule has 3 aromatic rings. The van der Waals surface area contributed by atoms with Crippen molar-refractivity contribution in [3.05, 3.63) is 54.2 Å². The van der Waals surface area contributed by atoms with Gasteiger partial charge in [-0.25, -0.2) is 9.78 Å². The molecule has 2 heterocycles. The minimum atomic E-state index is -1.09. The van der Waals surface area contributed by atoms with Crippen LogP contribution < -0.4 is 0 Å². The highest BCUT2D eigenvalue weighted by molar-refractivity contribution is 5.99. The molecule has 0 unspecified atom stereocenters. The van der Waals surface area contributed by atoms with Crippen LogP contribution in [0.5, 0.6) is 0 Å². The van der Waals surface area contributed by atoms with E-state index in [1.165, 1.54) is 12.5 Å².